The number of nitrogens with zero attached hydrogens (tertiary/aromatic N) is 1. The zero-order valence-electron chi connectivity index (χ0n) is 9.48. The van der Waals surface area contributed by atoms with E-state index in [1.807, 2.05) is 24.0 Å². The molecule has 1 aliphatic rings. The summed E-state index contributed by atoms with van der Waals surface area (Å²) in [5.74, 6) is 1.16. The van der Waals surface area contributed by atoms with E-state index < -0.39 is 0 Å². The van der Waals surface area contributed by atoms with Crippen molar-refractivity contribution in [2.75, 3.05) is 5.75 Å². The molecule has 4 heteroatoms. The summed E-state index contributed by atoms with van der Waals surface area (Å²) in [5.41, 5.74) is 2.39. The Morgan fingerprint density at radius 2 is 2.29 bits per heavy atom. The maximum atomic E-state index is 4.53. The van der Waals surface area contributed by atoms with Crippen LogP contribution >= 0.6 is 27.7 Å². The Hall–Kier alpha value is -0.580. The van der Waals surface area contributed by atoms with Crippen molar-refractivity contribution in [2.24, 2.45) is 0 Å². The van der Waals surface area contributed by atoms with Gasteiger partial charge in [-0.1, -0.05) is 28.1 Å². The molecule has 2 heterocycles. The van der Waals surface area contributed by atoms with Crippen molar-refractivity contribution < 1.29 is 0 Å². The molecule has 3 rings (SSSR count). The number of halogens is 1. The number of pyridine rings is 1. The van der Waals surface area contributed by atoms with Crippen LogP contribution in [0, 0.1) is 0 Å². The van der Waals surface area contributed by atoms with Crippen molar-refractivity contribution in [3.63, 3.8) is 0 Å². The molecule has 1 fully saturated rings. The highest BCUT2D eigenvalue weighted by Crippen LogP contribution is 2.37. The third-order valence-electron chi connectivity index (χ3n) is 2.98. The number of hydrogen-bond donors (Lipinski definition) is 1. The Morgan fingerprint density at radius 1 is 1.41 bits per heavy atom. The van der Waals surface area contributed by atoms with Crippen LogP contribution in [0.5, 0.6) is 0 Å². The molecule has 0 spiro atoms. The lowest BCUT2D eigenvalue weighted by Gasteiger charge is -2.14. The van der Waals surface area contributed by atoms with E-state index in [0.29, 0.717) is 11.4 Å². The maximum absolute atomic E-state index is 4.53. The van der Waals surface area contributed by atoms with Crippen LogP contribution in [0.1, 0.15) is 17.9 Å². The van der Waals surface area contributed by atoms with E-state index in [1.165, 1.54) is 10.9 Å². The molecule has 0 bridgehead atoms. The summed E-state index contributed by atoms with van der Waals surface area (Å²) in [6.45, 7) is 2.22. The van der Waals surface area contributed by atoms with E-state index in [9.17, 15) is 0 Å². The molecular formula is C13H13BrN2S. The summed E-state index contributed by atoms with van der Waals surface area (Å²) >= 11 is 5.54. The minimum atomic E-state index is 0.371. The van der Waals surface area contributed by atoms with Gasteiger partial charge in [-0.15, -0.1) is 11.8 Å². The Kier molecular flexibility index (Phi) is 3.11. The van der Waals surface area contributed by atoms with Crippen LogP contribution in [0.25, 0.3) is 10.9 Å². The summed E-state index contributed by atoms with van der Waals surface area (Å²) in [7, 11) is 0. The lowest BCUT2D eigenvalue weighted by atomic mass is 10.1. The predicted molar refractivity (Wildman–Crippen MR) is 77.2 cm³/mol. The Balaban J connectivity index is 2.14. The number of nitrogens with one attached hydrogen (secondary N) is 1. The summed E-state index contributed by atoms with van der Waals surface area (Å²) in [4.78, 5) is 4.53. The van der Waals surface area contributed by atoms with Crippen molar-refractivity contribution in [1.29, 1.82) is 0 Å². The molecule has 17 heavy (non-hydrogen) atoms. The molecule has 2 atom stereocenters. The summed E-state index contributed by atoms with van der Waals surface area (Å²) in [5, 5.41) is 5.15. The Labute approximate surface area is 113 Å². The molecule has 0 saturated carbocycles. The summed E-state index contributed by atoms with van der Waals surface area (Å²) in [6, 6.07) is 8.95. The number of aromatic nitrogens is 1. The van der Waals surface area contributed by atoms with Crippen LogP contribution in [0.2, 0.25) is 0 Å². The van der Waals surface area contributed by atoms with Crippen molar-refractivity contribution in [3.8, 4) is 0 Å². The fourth-order valence-electron chi connectivity index (χ4n) is 2.15. The first-order chi connectivity index (χ1) is 8.25. The molecule has 0 radical (unpaired) electrons. The maximum Gasteiger partial charge on any atom is 0.0813 e. The Bertz CT molecular complexity index is 558. The number of rotatable bonds is 1. The standard InChI is InChI=1S/C13H13BrN2S/c1-8-7-17-13(16-8)10-4-5-11(14)9-3-2-6-15-12(9)10/h2-6,8,13,16H,7H2,1H3. The second-order valence-corrected chi connectivity index (χ2v) is 6.31. The smallest absolute Gasteiger partial charge is 0.0813 e. The highest BCUT2D eigenvalue weighted by Gasteiger charge is 2.24. The zero-order valence-corrected chi connectivity index (χ0v) is 11.9. The average molecular weight is 309 g/mol. The normalized spacial score (nSPS) is 24.4. The van der Waals surface area contributed by atoms with Crippen LogP contribution in [-0.4, -0.2) is 16.8 Å². The SMILES string of the molecule is CC1CSC(c2ccc(Br)c3cccnc23)N1. The summed E-state index contributed by atoms with van der Waals surface area (Å²) < 4.78 is 1.11. The minimum Gasteiger partial charge on any atom is -0.298 e. The molecule has 88 valence electrons. The lowest BCUT2D eigenvalue weighted by Crippen LogP contribution is -2.22. The van der Waals surface area contributed by atoms with Gasteiger partial charge in [0, 0.05) is 33.4 Å². The monoisotopic (exact) mass is 308 g/mol. The number of hydrogen-bond acceptors (Lipinski definition) is 3. The molecule has 2 unspecified atom stereocenters. The second-order valence-electron chi connectivity index (χ2n) is 4.32. The fourth-order valence-corrected chi connectivity index (χ4v) is 3.87. The van der Waals surface area contributed by atoms with E-state index in [4.69, 9.17) is 0 Å². The van der Waals surface area contributed by atoms with Gasteiger partial charge in [0.05, 0.1) is 10.9 Å². The quantitative estimate of drug-likeness (QED) is 0.869. The van der Waals surface area contributed by atoms with Gasteiger partial charge < -0.3 is 0 Å². The van der Waals surface area contributed by atoms with Crippen LogP contribution < -0.4 is 5.32 Å². The third kappa shape index (κ3) is 2.09. The van der Waals surface area contributed by atoms with Crippen molar-refractivity contribution in [1.82, 2.24) is 10.3 Å². The first-order valence-corrected chi connectivity index (χ1v) is 7.50. The van der Waals surface area contributed by atoms with Gasteiger partial charge in [-0.05, 0) is 19.1 Å². The molecule has 2 aromatic rings. The fraction of sp³-hybridized carbons (Fsp3) is 0.308. The first kappa shape index (κ1) is 11.5. The van der Waals surface area contributed by atoms with Gasteiger partial charge in [0.25, 0.3) is 0 Å². The second kappa shape index (κ2) is 4.59. The number of benzene rings is 1. The number of thioether (sulfide) groups is 1. The van der Waals surface area contributed by atoms with Crippen molar-refractivity contribution in [3.05, 3.63) is 40.5 Å². The van der Waals surface area contributed by atoms with Gasteiger partial charge in [-0.2, -0.15) is 0 Å². The van der Waals surface area contributed by atoms with E-state index in [0.717, 1.165) is 15.7 Å². The van der Waals surface area contributed by atoms with Gasteiger partial charge >= 0.3 is 0 Å². The lowest BCUT2D eigenvalue weighted by molar-refractivity contribution is 0.620. The zero-order chi connectivity index (χ0) is 11.8. The Morgan fingerprint density at radius 3 is 3.06 bits per heavy atom. The van der Waals surface area contributed by atoms with Crippen LogP contribution in [-0.2, 0) is 0 Å². The van der Waals surface area contributed by atoms with Gasteiger partial charge in [0.1, 0.15) is 0 Å². The van der Waals surface area contributed by atoms with Crippen LogP contribution in [0.3, 0.4) is 0 Å². The largest absolute Gasteiger partial charge is 0.298 e. The first-order valence-electron chi connectivity index (χ1n) is 5.66. The van der Waals surface area contributed by atoms with E-state index in [1.54, 1.807) is 0 Å². The van der Waals surface area contributed by atoms with Crippen molar-refractivity contribution >= 4 is 38.6 Å². The van der Waals surface area contributed by atoms with E-state index in [-0.39, 0.29) is 0 Å². The van der Waals surface area contributed by atoms with Gasteiger partial charge in [-0.3, -0.25) is 10.3 Å². The molecule has 0 aliphatic carbocycles. The molecule has 1 N–H and O–H groups in total. The van der Waals surface area contributed by atoms with Gasteiger partial charge in [0.15, 0.2) is 0 Å². The molecule has 2 nitrogen and oxygen atoms in total. The van der Waals surface area contributed by atoms with E-state index >= 15 is 0 Å². The topological polar surface area (TPSA) is 24.9 Å². The molecule has 1 aliphatic heterocycles. The number of fused-ring (bicyclic) bond motifs is 1. The molecule has 0 amide bonds. The highest BCUT2D eigenvalue weighted by atomic mass is 79.9. The third-order valence-corrected chi connectivity index (χ3v) is 5.09. The molecule has 1 aromatic carbocycles. The predicted octanol–water partition coefficient (Wildman–Crippen LogP) is 3.72. The molecular weight excluding hydrogens is 296 g/mol. The van der Waals surface area contributed by atoms with Gasteiger partial charge in [-0.25, -0.2) is 0 Å². The minimum absolute atomic E-state index is 0.371. The summed E-state index contributed by atoms with van der Waals surface area (Å²) in [6.07, 6.45) is 1.86. The van der Waals surface area contributed by atoms with Crippen LogP contribution in [0.15, 0.2) is 34.9 Å². The van der Waals surface area contributed by atoms with Crippen molar-refractivity contribution in [2.45, 2.75) is 18.3 Å². The van der Waals surface area contributed by atoms with E-state index in [2.05, 4.69) is 51.4 Å². The highest BCUT2D eigenvalue weighted by molar-refractivity contribution is 9.10. The van der Waals surface area contributed by atoms with Crippen LogP contribution in [0.4, 0.5) is 0 Å². The van der Waals surface area contributed by atoms with Gasteiger partial charge in [0.2, 0.25) is 0 Å². The average Bonchev–Trinajstić information content (AvgIpc) is 2.77. The molecule has 1 aromatic heterocycles. The molecule has 1 saturated heterocycles.